The van der Waals surface area contributed by atoms with E-state index in [-0.39, 0.29) is 24.0 Å². The number of hydrogen-bond acceptors (Lipinski definition) is 4. The molecule has 1 heterocycles. The zero-order chi connectivity index (χ0) is 21.2. The highest BCUT2D eigenvalue weighted by molar-refractivity contribution is 14.0. The fraction of sp³-hybridized carbons (Fsp3) is 0.458. The van der Waals surface area contributed by atoms with E-state index in [1.165, 1.54) is 43.5 Å². The van der Waals surface area contributed by atoms with Crippen molar-refractivity contribution >= 4 is 29.9 Å². The number of halogens is 1. The van der Waals surface area contributed by atoms with Gasteiger partial charge in [-0.1, -0.05) is 42.8 Å². The van der Waals surface area contributed by atoms with Gasteiger partial charge >= 0.3 is 0 Å². The Morgan fingerprint density at radius 1 is 0.903 bits per heavy atom. The number of guanidine groups is 1. The highest BCUT2D eigenvalue weighted by atomic mass is 127. The van der Waals surface area contributed by atoms with Crippen LogP contribution in [0.4, 0.5) is 0 Å². The number of nitrogens with zero attached hydrogens (tertiary/aromatic N) is 2. The van der Waals surface area contributed by atoms with Gasteiger partial charge in [-0.05, 0) is 43.1 Å². The van der Waals surface area contributed by atoms with Gasteiger partial charge in [0, 0.05) is 32.2 Å². The molecule has 0 radical (unpaired) electrons. The Morgan fingerprint density at radius 2 is 1.58 bits per heavy atom. The van der Waals surface area contributed by atoms with E-state index in [9.17, 15) is 0 Å². The second kappa shape index (κ2) is 13.4. The van der Waals surface area contributed by atoms with E-state index in [2.05, 4.69) is 44.8 Å². The second-order valence-electron chi connectivity index (χ2n) is 7.59. The molecule has 2 aromatic carbocycles. The maximum atomic E-state index is 5.50. The molecule has 0 aromatic heterocycles. The Hall–Kier alpha value is -2.00. The van der Waals surface area contributed by atoms with Gasteiger partial charge in [-0.25, -0.2) is 0 Å². The Morgan fingerprint density at radius 3 is 2.23 bits per heavy atom. The van der Waals surface area contributed by atoms with E-state index < -0.39 is 0 Å². The minimum atomic E-state index is 0. The average Bonchev–Trinajstić information content (AvgIpc) is 2.80. The standard InChI is InChI=1S/C24H34N4O2.HI/c1-25-24(27-17-21-8-7-9-22(29-2)23(21)30-3)26-16-19-10-12-20(13-11-19)18-28-14-5-4-6-15-28;/h7-13H,4-6,14-18H2,1-3H3,(H2,25,26,27);1H. The van der Waals surface area contributed by atoms with Gasteiger partial charge in [0.2, 0.25) is 0 Å². The normalized spacial score (nSPS) is 14.5. The quantitative estimate of drug-likeness (QED) is 0.300. The van der Waals surface area contributed by atoms with E-state index in [4.69, 9.17) is 9.47 Å². The number of rotatable bonds is 8. The lowest BCUT2D eigenvalue weighted by atomic mass is 10.1. The Labute approximate surface area is 203 Å². The number of piperidine rings is 1. The number of para-hydroxylation sites is 1. The molecule has 0 unspecified atom stereocenters. The summed E-state index contributed by atoms with van der Waals surface area (Å²) in [7, 11) is 5.08. The molecule has 0 aliphatic carbocycles. The van der Waals surface area contributed by atoms with Gasteiger partial charge in [0.25, 0.3) is 0 Å². The molecule has 1 aliphatic rings. The molecule has 0 atom stereocenters. The summed E-state index contributed by atoms with van der Waals surface area (Å²) in [4.78, 5) is 6.88. The molecule has 2 aromatic rings. The highest BCUT2D eigenvalue weighted by Crippen LogP contribution is 2.30. The first kappa shape index (κ1) is 25.3. The number of likely N-dealkylation sites (tertiary alicyclic amines) is 1. The van der Waals surface area contributed by atoms with Crippen molar-refractivity contribution in [2.24, 2.45) is 4.99 Å². The summed E-state index contributed by atoms with van der Waals surface area (Å²) >= 11 is 0. The minimum Gasteiger partial charge on any atom is -0.493 e. The third kappa shape index (κ3) is 7.57. The fourth-order valence-electron chi connectivity index (χ4n) is 3.82. The van der Waals surface area contributed by atoms with Gasteiger partial charge in [-0.3, -0.25) is 9.89 Å². The third-order valence-corrected chi connectivity index (χ3v) is 5.49. The molecule has 1 aliphatic heterocycles. The van der Waals surface area contributed by atoms with Crippen LogP contribution in [0.15, 0.2) is 47.5 Å². The van der Waals surface area contributed by atoms with Crippen LogP contribution >= 0.6 is 24.0 Å². The molecule has 1 saturated heterocycles. The van der Waals surface area contributed by atoms with Crippen molar-refractivity contribution in [2.75, 3.05) is 34.4 Å². The zero-order valence-corrected chi connectivity index (χ0v) is 21.1. The SMILES string of the molecule is CN=C(NCc1ccc(CN2CCCCC2)cc1)NCc1cccc(OC)c1OC.I. The van der Waals surface area contributed by atoms with Gasteiger partial charge in [0.1, 0.15) is 0 Å². The van der Waals surface area contributed by atoms with E-state index >= 15 is 0 Å². The first-order valence-corrected chi connectivity index (χ1v) is 10.7. The third-order valence-electron chi connectivity index (χ3n) is 5.49. The largest absolute Gasteiger partial charge is 0.493 e. The van der Waals surface area contributed by atoms with Crippen LogP contribution < -0.4 is 20.1 Å². The lowest BCUT2D eigenvalue weighted by molar-refractivity contribution is 0.221. The Kier molecular flexibility index (Phi) is 10.9. The summed E-state index contributed by atoms with van der Waals surface area (Å²) in [5, 5.41) is 6.72. The maximum absolute atomic E-state index is 5.50. The van der Waals surface area contributed by atoms with E-state index in [0.717, 1.165) is 36.1 Å². The van der Waals surface area contributed by atoms with Gasteiger partial charge in [-0.15, -0.1) is 24.0 Å². The molecule has 0 amide bonds. The summed E-state index contributed by atoms with van der Waals surface area (Å²) in [6.45, 7) is 4.82. The van der Waals surface area contributed by atoms with Crippen LogP contribution in [0.5, 0.6) is 11.5 Å². The average molecular weight is 538 g/mol. The number of aliphatic imine (C=N–C) groups is 1. The molecule has 7 heteroatoms. The van der Waals surface area contributed by atoms with Crippen LogP contribution in [0, 0.1) is 0 Å². The molecule has 0 bridgehead atoms. The predicted octanol–water partition coefficient (Wildman–Crippen LogP) is 4.17. The molecular formula is C24H35IN4O2. The first-order valence-electron chi connectivity index (χ1n) is 10.7. The molecule has 3 rings (SSSR count). The Balaban J connectivity index is 0.00000341. The van der Waals surface area contributed by atoms with Crippen LogP contribution in [-0.2, 0) is 19.6 Å². The second-order valence-corrected chi connectivity index (χ2v) is 7.59. The van der Waals surface area contributed by atoms with Crippen LogP contribution in [0.1, 0.15) is 36.0 Å². The summed E-state index contributed by atoms with van der Waals surface area (Å²) in [5.41, 5.74) is 3.63. The smallest absolute Gasteiger partial charge is 0.191 e. The van der Waals surface area contributed by atoms with Gasteiger partial charge < -0.3 is 20.1 Å². The summed E-state index contributed by atoms with van der Waals surface area (Å²) in [5.74, 6) is 2.22. The molecule has 0 saturated carbocycles. The Bertz CT molecular complexity index is 821. The van der Waals surface area contributed by atoms with Crippen molar-refractivity contribution in [1.29, 1.82) is 0 Å². The minimum absolute atomic E-state index is 0. The number of nitrogens with one attached hydrogen (secondary N) is 2. The summed E-state index contributed by atoms with van der Waals surface area (Å²) in [6, 6.07) is 14.7. The number of ether oxygens (including phenoxy) is 2. The maximum Gasteiger partial charge on any atom is 0.191 e. The molecule has 31 heavy (non-hydrogen) atoms. The van der Waals surface area contributed by atoms with E-state index in [1.54, 1.807) is 21.3 Å². The predicted molar refractivity (Wildman–Crippen MR) is 138 cm³/mol. The molecular weight excluding hydrogens is 503 g/mol. The van der Waals surface area contributed by atoms with Crippen molar-refractivity contribution in [3.05, 3.63) is 59.2 Å². The van der Waals surface area contributed by atoms with E-state index in [0.29, 0.717) is 6.54 Å². The van der Waals surface area contributed by atoms with Gasteiger partial charge in [-0.2, -0.15) is 0 Å². The lowest BCUT2D eigenvalue weighted by Gasteiger charge is -2.26. The molecule has 1 fully saturated rings. The fourth-order valence-corrected chi connectivity index (χ4v) is 3.82. The van der Waals surface area contributed by atoms with Crippen LogP contribution in [0.2, 0.25) is 0 Å². The molecule has 6 nitrogen and oxygen atoms in total. The molecule has 2 N–H and O–H groups in total. The molecule has 0 spiro atoms. The molecule has 170 valence electrons. The zero-order valence-electron chi connectivity index (χ0n) is 18.8. The van der Waals surface area contributed by atoms with Crippen LogP contribution in [0.25, 0.3) is 0 Å². The number of methoxy groups -OCH3 is 2. The van der Waals surface area contributed by atoms with Crippen LogP contribution in [0.3, 0.4) is 0 Å². The topological polar surface area (TPSA) is 58.1 Å². The monoisotopic (exact) mass is 538 g/mol. The summed E-state index contributed by atoms with van der Waals surface area (Å²) in [6.07, 6.45) is 4.03. The first-order chi connectivity index (χ1) is 14.7. The van der Waals surface area contributed by atoms with Crippen LogP contribution in [-0.4, -0.2) is 45.2 Å². The van der Waals surface area contributed by atoms with Gasteiger partial charge in [0.05, 0.1) is 14.2 Å². The van der Waals surface area contributed by atoms with Crippen molar-refractivity contribution in [2.45, 2.75) is 38.9 Å². The number of hydrogen-bond donors (Lipinski definition) is 2. The van der Waals surface area contributed by atoms with Crippen molar-refractivity contribution in [3.8, 4) is 11.5 Å². The number of benzene rings is 2. The van der Waals surface area contributed by atoms with Crippen molar-refractivity contribution in [1.82, 2.24) is 15.5 Å². The van der Waals surface area contributed by atoms with Gasteiger partial charge in [0.15, 0.2) is 17.5 Å². The highest BCUT2D eigenvalue weighted by Gasteiger charge is 2.11. The van der Waals surface area contributed by atoms with Crippen molar-refractivity contribution < 1.29 is 9.47 Å². The van der Waals surface area contributed by atoms with E-state index in [1.807, 2.05) is 18.2 Å². The lowest BCUT2D eigenvalue weighted by Crippen LogP contribution is -2.36. The van der Waals surface area contributed by atoms with Crippen molar-refractivity contribution in [3.63, 3.8) is 0 Å². The summed E-state index contributed by atoms with van der Waals surface area (Å²) < 4.78 is 10.9.